The van der Waals surface area contributed by atoms with Crippen LogP contribution in [0.4, 0.5) is 0 Å². The minimum Gasteiger partial charge on any atom is -0.503 e. The Kier molecular flexibility index (Phi) is 3.03. The third-order valence-corrected chi connectivity index (χ3v) is 0.732. The maximum Gasteiger partial charge on any atom is 0.263 e. The van der Waals surface area contributed by atoms with Crippen LogP contribution in [0, 0.1) is 0 Å². The van der Waals surface area contributed by atoms with Gasteiger partial charge in [-0.2, -0.15) is 0 Å². The lowest BCUT2D eigenvalue weighted by Crippen LogP contribution is -2.10. The molecule has 4 heteroatoms. The van der Waals surface area contributed by atoms with E-state index < -0.39 is 5.91 Å². The van der Waals surface area contributed by atoms with Crippen LogP contribution in [0.2, 0.25) is 0 Å². The number of nitrogens with two attached hydrogens (primary N) is 1. The molecule has 0 saturated carbocycles. The van der Waals surface area contributed by atoms with Crippen molar-refractivity contribution in [3.63, 3.8) is 0 Å². The molecule has 3 nitrogen and oxygen atoms in total. The highest BCUT2D eigenvalue weighted by Gasteiger charge is 1.96. The molecule has 0 aromatic carbocycles. The van der Waals surface area contributed by atoms with E-state index in [9.17, 15) is 4.79 Å². The van der Waals surface area contributed by atoms with Crippen LogP contribution in [-0.2, 0) is 9.53 Å². The van der Waals surface area contributed by atoms with Crippen LogP contribution < -0.4 is 5.73 Å². The van der Waals surface area contributed by atoms with Crippen LogP contribution in [-0.4, -0.2) is 13.0 Å². The summed E-state index contributed by atoms with van der Waals surface area (Å²) in [7, 11) is 1.38. The summed E-state index contributed by atoms with van der Waals surface area (Å²) < 4.78 is 4.37. The van der Waals surface area contributed by atoms with E-state index >= 15 is 0 Å². The second-order valence-electron chi connectivity index (χ2n) is 1.07. The topological polar surface area (TPSA) is 52.3 Å². The van der Waals surface area contributed by atoms with Gasteiger partial charge in [0.1, 0.15) is 11.3 Å². The molecule has 2 N–H and O–H groups in total. The molecule has 8 heavy (non-hydrogen) atoms. The number of ether oxygens (including phenoxy) is 1. The zero-order chi connectivity index (χ0) is 6.57. The summed E-state index contributed by atoms with van der Waals surface area (Å²) in [6.45, 7) is 0. The Hall–Kier alpha value is -0.700. The van der Waals surface area contributed by atoms with E-state index in [1.807, 2.05) is 0 Å². The fourth-order valence-electron chi connectivity index (χ4n) is 0.162. The highest BCUT2D eigenvalue weighted by Crippen LogP contribution is 1.97. The lowest BCUT2D eigenvalue weighted by Gasteiger charge is -1.88. The zero-order valence-electron chi connectivity index (χ0n) is 4.35. The summed E-state index contributed by atoms with van der Waals surface area (Å²) in [5.41, 5.74) is 4.70. The largest absolute Gasteiger partial charge is 0.503 e. The summed E-state index contributed by atoms with van der Waals surface area (Å²) in [5.74, 6) is -0.687. The summed E-state index contributed by atoms with van der Waals surface area (Å²) >= 11 is 5.18. The van der Waals surface area contributed by atoms with E-state index in [4.69, 9.17) is 17.3 Å². The Bertz CT molecular complexity index is 121. The van der Waals surface area contributed by atoms with Crippen molar-refractivity contribution >= 4 is 17.5 Å². The van der Waals surface area contributed by atoms with E-state index in [1.165, 1.54) is 7.11 Å². The number of carbonyl (C=O) groups excluding carboxylic acids is 1. The Labute approximate surface area is 52.1 Å². The number of hydrogen-bond acceptors (Lipinski definition) is 2. The number of hydrogen-bond donors (Lipinski definition) is 1. The number of primary amides is 1. The summed E-state index contributed by atoms with van der Waals surface area (Å²) in [4.78, 5) is 10.0. The van der Waals surface area contributed by atoms with E-state index in [1.54, 1.807) is 0 Å². The van der Waals surface area contributed by atoms with Crippen LogP contribution in [0.1, 0.15) is 0 Å². The smallest absolute Gasteiger partial charge is 0.263 e. The molecule has 0 bridgehead atoms. The minimum absolute atomic E-state index is 0.104. The minimum atomic E-state index is -0.687. The van der Waals surface area contributed by atoms with Gasteiger partial charge in [0.05, 0.1) is 7.11 Å². The molecular weight excluding hydrogens is 130 g/mol. The monoisotopic (exact) mass is 135 g/mol. The van der Waals surface area contributed by atoms with Gasteiger partial charge in [-0.3, -0.25) is 4.79 Å². The fourth-order valence-corrected chi connectivity index (χ4v) is 0.251. The van der Waals surface area contributed by atoms with Crippen LogP contribution in [0.15, 0.2) is 11.3 Å². The summed E-state index contributed by atoms with van der Waals surface area (Å²) in [6, 6.07) is 0. The Morgan fingerprint density at radius 1 is 1.88 bits per heavy atom. The second kappa shape index (κ2) is 3.32. The predicted octanol–water partition coefficient (Wildman–Crippen LogP) is 0.198. The van der Waals surface area contributed by atoms with Gasteiger partial charge < -0.3 is 10.5 Å². The SMILES string of the molecule is CO/C=C(\Cl)C(N)=O. The van der Waals surface area contributed by atoms with Gasteiger partial charge in [0.25, 0.3) is 5.91 Å². The highest BCUT2D eigenvalue weighted by atomic mass is 35.5. The molecular formula is C4H6ClNO2. The molecule has 0 spiro atoms. The van der Waals surface area contributed by atoms with Crippen molar-refractivity contribution in [2.45, 2.75) is 0 Å². The number of halogens is 1. The van der Waals surface area contributed by atoms with Gasteiger partial charge in [0.2, 0.25) is 0 Å². The van der Waals surface area contributed by atoms with E-state index in [2.05, 4.69) is 4.74 Å². The molecule has 46 valence electrons. The summed E-state index contributed by atoms with van der Waals surface area (Å²) in [6.07, 6.45) is 1.07. The first-order valence-electron chi connectivity index (χ1n) is 1.86. The van der Waals surface area contributed by atoms with Crippen LogP contribution in [0.5, 0.6) is 0 Å². The van der Waals surface area contributed by atoms with Gasteiger partial charge in [-0.05, 0) is 0 Å². The zero-order valence-corrected chi connectivity index (χ0v) is 5.11. The average molecular weight is 136 g/mol. The number of methoxy groups -OCH3 is 1. The average Bonchev–Trinajstić information content (AvgIpc) is 1.67. The van der Waals surface area contributed by atoms with Gasteiger partial charge >= 0.3 is 0 Å². The molecule has 0 aromatic heterocycles. The lowest BCUT2D eigenvalue weighted by molar-refractivity contribution is -0.114. The van der Waals surface area contributed by atoms with Crippen molar-refractivity contribution in [2.75, 3.05) is 7.11 Å². The number of rotatable bonds is 2. The van der Waals surface area contributed by atoms with Crippen LogP contribution in [0.3, 0.4) is 0 Å². The molecule has 0 radical (unpaired) electrons. The molecule has 0 aliphatic heterocycles. The number of amides is 1. The first-order valence-corrected chi connectivity index (χ1v) is 2.24. The van der Waals surface area contributed by atoms with Gasteiger partial charge in [0, 0.05) is 0 Å². The molecule has 0 fully saturated rings. The Morgan fingerprint density at radius 2 is 2.38 bits per heavy atom. The van der Waals surface area contributed by atoms with Crippen molar-refractivity contribution in [3.05, 3.63) is 11.3 Å². The fraction of sp³-hybridized carbons (Fsp3) is 0.250. The normalized spacial score (nSPS) is 11.0. The standard InChI is InChI=1S/C4H6ClNO2/c1-8-2-3(5)4(6)7/h2H,1H3,(H2,6,7)/b3-2-. The molecule has 0 aliphatic rings. The molecule has 0 saturated heterocycles. The van der Waals surface area contributed by atoms with E-state index in [-0.39, 0.29) is 5.03 Å². The molecule has 0 aliphatic carbocycles. The molecule has 0 heterocycles. The van der Waals surface area contributed by atoms with E-state index in [0.29, 0.717) is 0 Å². The van der Waals surface area contributed by atoms with Crippen molar-refractivity contribution in [1.82, 2.24) is 0 Å². The van der Waals surface area contributed by atoms with Gasteiger partial charge in [0.15, 0.2) is 0 Å². The van der Waals surface area contributed by atoms with Gasteiger partial charge in [-0.15, -0.1) is 0 Å². The molecule has 0 atom stereocenters. The third kappa shape index (κ3) is 2.47. The third-order valence-electron chi connectivity index (χ3n) is 0.457. The molecule has 1 amide bonds. The van der Waals surface area contributed by atoms with Crippen molar-refractivity contribution in [2.24, 2.45) is 5.73 Å². The first-order chi connectivity index (χ1) is 3.68. The van der Waals surface area contributed by atoms with E-state index in [0.717, 1.165) is 6.26 Å². The Balaban J connectivity index is 3.80. The quantitative estimate of drug-likeness (QED) is 0.434. The van der Waals surface area contributed by atoms with Gasteiger partial charge in [-0.25, -0.2) is 0 Å². The summed E-state index contributed by atoms with van der Waals surface area (Å²) in [5, 5.41) is -0.104. The molecule has 0 rings (SSSR count). The van der Waals surface area contributed by atoms with Crippen LogP contribution >= 0.6 is 11.6 Å². The molecule has 0 unspecified atom stereocenters. The lowest BCUT2D eigenvalue weighted by atomic mass is 10.6. The predicted molar refractivity (Wildman–Crippen MR) is 30.1 cm³/mol. The van der Waals surface area contributed by atoms with Crippen molar-refractivity contribution < 1.29 is 9.53 Å². The first kappa shape index (κ1) is 7.30. The molecule has 0 aromatic rings. The highest BCUT2D eigenvalue weighted by molar-refractivity contribution is 6.41. The van der Waals surface area contributed by atoms with Gasteiger partial charge in [-0.1, -0.05) is 11.6 Å². The van der Waals surface area contributed by atoms with Crippen molar-refractivity contribution in [3.8, 4) is 0 Å². The second-order valence-corrected chi connectivity index (χ2v) is 1.47. The maximum absolute atomic E-state index is 10.0. The Morgan fingerprint density at radius 3 is 2.50 bits per heavy atom. The number of carbonyl (C=O) groups is 1. The van der Waals surface area contributed by atoms with Crippen LogP contribution in [0.25, 0.3) is 0 Å². The van der Waals surface area contributed by atoms with Crippen molar-refractivity contribution in [1.29, 1.82) is 0 Å². The maximum atomic E-state index is 10.0.